The minimum atomic E-state index is -1.06. The van der Waals surface area contributed by atoms with Crippen LogP contribution in [0.1, 0.15) is 33.1 Å². The Morgan fingerprint density at radius 3 is 2.05 bits per heavy atom. The molecule has 0 spiro atoms. The monoisotopic (exact) mass is 272 g/mol. The maximum atomic E-state index is 11.9. The molecule has 0 aromatic carbocycles. The maximum Gasteiger partial charge on any atom is 0.310 e. The van der Waals surface area contributed by atoms with Gasteiger partial charge in [0.15, 0.2) is 0 Å². The molecule has 1 aliphatic carbocycles. The number of ether oxygens (including phenoxy) is 2. The number of carboxylic acid groups (broad SMARTS) is 1. The van der Waals surface area contributed by atoms with Gasteiger partial charge in [-0.25, -0.2) is 0 Å². The van der Waals surface area contributed by atoms with Crippen LogP contribution in [0.5, 0.6) is 0 Å². The first-order valence-corrected chi connectivity index (χ1v) is 6.58. The highest BCUT2D eigenvalue weighted by molar-refractivity contribution is 5.87. The highest BCUT2D eigenvalue weighted by Gasteiger charge is 2.46. The molecule has 1 N–H and O–H groups in total. The fourth-order valence-electron chi connectivity index (χ4n) is 2.56. The van der Waals surface area contributed by atoms with Gasteiger partial charge in [0, 0.05) is 0 Å². The molecule has 0 bridgehead atoms. The van der Waals surface area contributed by atoms with Crippen LogP contribution in [0, 0.1) is 17.8 Å². The van der Waals surface area contributed by atoms with Crippen LogP contribution in [0.4, 0.5) is 0 Å². The van der Waals surface area contributed by atoms with Gasteiger partial charge < -0.3 is 14.6 Å². The summed E-state index contributed by atoms with van der Waals surface area (Å²) in [5, 5.41) is 9.20. The number of aliphatic carboxylic acids is 1. The summed E-state index contributed by atoms with van der Waals surface area (Å²) < 4.78 is 9.84. The Labute approximate surface area is 112 Å². The van der Waals surface area contributed by atoms with Crippen LogP contribution in [0.2, 0.25) is 0 Å². The van der Waals surface area contributed by atoms with Crippen LogP contribution in [0.3, 0.4) is 0 Å². The molecule has 0 amide bonds. The van der Waals surface area contributed by atoms with E-state index in [2.05, 4.69) is 0 Å². The first-order valence-electron chi connectivity index (χ1n) is 6.58. The van der Waals surface area contributed by atoms with Crippen LogP contribution in [-0.4, -0.2) is 36.2 Å². The molecule has 3 atom stereocenters. The second kappa shape index (κ2) is 7.11. The van der Waals surface area contributed by atoms with Gasteiger partial charge in [0.05, 0.1) is 31.0 Å². The van der Waals surface area contributed by atoms with Crippen molar-refractivity contribution < 1.29 is 29.0 Å². The van der Waals surface area contributed by atoms with Gasteiger partial charge in [0.25, 0.3) is 0 Å². The van der Waals surface area contributed by atoms with E-state index in [0.29, 0.717) is 19.3 Å². The van der Waals surface area contributed by atoms with E-state index in [1.165, 1.54) is 0 Å². The first kappa shape index (κ1) is 15.5. The van der Waals surface area contributed by atoms with Crippen LogP contribution < -0.4 is 0 Å². The zero-order valence-corrected chi connectivity index (χ0v) is 11.3. The van der Waals surface area contributed by atoms with Gasteiger partial charge >= 0.3 is 17.9 Å². The number of hydrogen-bond donors (Lipinski definition) is 1. The van der Waals surface area contributed by atoms with Crippen molar-refractivity contribution in [2.24, 2.45) is 17.8 Å². The molecule has 1 saturated carbocycles. The van der Waals surface area contributed by atoms with Gasteiger partial charge in [-0.1, -0.05) is 6.42 Å². The Hall–Kier alpha value is -1.59. The summed E-state index contributed by atoms with van der Waals surface area (Å²) in [7, 11) is 0. The first-order chi connectivity index (χ1) is 9.02. The highest BCUT2D eigenvalue weighted by Crippen LogP contribution is 2.37. The van der Waals surface area contributed by atoms with E-state index in [9.17, 15) is 19.5 Å². The Morgan fingerprint density at radius 2 is 1.53 bits per heavy atom. The molecule has 108 valence electrons. The van der Waals surface area contributed by atoms with Gasteiger partial charge in [0.1, 0.15) is 0 Å². The molecule has 0 aromatic heterocycles. The van der Waals surface area contributed by atoms with E-state index in [4.69, 9.17) is 9.47 Å². The third-order valence-electron chi connectivity index (χ3n) is 3.36. The van der Waals surface area contributed by atoms with Gasteiger partial charge in [-0.05, 0) is 26.7 Å². The molecule has 0 radical (unpaired) electrons. The molecular weight excluding hydrogens is 252 g/mol. The quantitative estimate of drug-likeness (QED) is 0.757. The van der Waals surface area contributed by atoms with Crippen LogP contribution >= 0.6 is 0 Å². The molecular formula is C13H20O6. The van der Waals surface area contributed by atoms with Gasteiger partial charge in [-0.15, -0.1) is 0 Å². The topological polar surface area (TPSA) is 89.9 Å². The van der Waals surface area contributed by atoms with Crippen LogP contribution in [0.15, 0.2) is 0 Å². The van der Waals surface area contributed by atoms with Crippen LogP contribution in [-0.2, 0) is 23.9 Å². The van der Waals surface area contributed by atoms with Crippen molar-refractivity contribution >= 4 is 17.9 Å². The Kier molecular flexibility index (Phi) is 5.79. The molecule has 1 aliphatic rings. The normalized spacial score (nSPS) is 26.5. The predicted octanol–water partition coefficient (Wildman–Crippen LogP) is 1.23. The van der Waals surface area contributed by atoms with Crippen LogP contribution in [0.25, 0.3) is 0 Å². The number of esters is 2. The lowest BCUT2D eigenvalue weighted by molar-refractivity contribution is -0.170. The van der Waals surface area contributed by atoms with Gasteiger partial charge in [-0.3, -0.25) is 14.4 Å². The molecule has 6 nitrogen and oxygen atoms in total. The number of carboxylic acids is 1. The third kappa shape index (κ3) is 3.68. The molecule has 1 rings (SSSR count). The molecule has 0 aliphatic heterocycles. The van der Waals surface area contributed by atoms with Crippen molar-refractivity contribution in [1.82, 2.24) is 0 Å². The molecule has 19 heavy (non-hydrogen) atoms. The zero-order valence-electron chi connectivity index (χ0n) is 11.3. The van der Waals surface area contributed by atoms with Crippen molar-refractivity contribution in [3.8, 4) is 0 Å². The summed E-state index contributed by atoms with van der Waals surface area (Å²) in [5.41, 5.74) is 0. The molecule has 1 fully saturated rings. The van der Waals surface area contributed by atoms with Crippen molar-refractivity contribution in [2.75, 3.05) is 13.2 Å². The summed E-state index contributed by atoms with van der Waals surface area (Å²) in [5.74, 6) is -4.72. The number of carbonyl (C=O) groups excluding carboxylic acids is 2. The zero-order chi connectivity index (χ0) is 14.4. The molecule has 3 unspecified atom stereocenters. The molecule has 0 saturated heterocycles. The largest absolute Gasteiger partial charge is 0.481 e. The van der Waals surface area contributed by atoms with Gasteiger partial charge in [-0.2, -0.15) is 0 Å². The second-order valence-corrected chi connectivity index (χ2v) is 4.51. The molecule has 0 heterocycles. The summed E-state index contributed by atoms with van der Waals surface area (Å²) in [6.07, 6.45) is 1.44. The number of hydrogen-bond acceptors (Lipinski definition) is 5. The lowest BCUT2D eigenvalue weighted by Crippen LogP contribution is -2.43. The summed E-state index contributed by atoms with van der Waals surface area (Å²) in [4.78, 5) is 35.0. The Bertz CT molecular complexity index is 351. The predicted molar refractivity (Wildman–Crippen MR) is 65.2 cm³/mol. The Balaban J connectivity index is 2.95. The Morgan fingerprint density at radius 1 is 1.00 bits per heavy atom. The van der Waals surface area contributed by atoms with Crippen molar-refractivity contribution in [1.29, 1.82) is 0 Å². The smallest absolute Gasteiger partial charge is 0.310 e. The fourth-order valence-corrected chi connectivity index (χ4v) is 2.56. The van der Waals surface area contributed by atoms with E-state index >= 15 is 0 Å². The number of carbonyl (C=O) groups is 3. The van der Waals surface area contributed by atoms with E-state index < -0.39 is 35.7 Å². The molecule has 0 aromatic rings. The van der Waals surface area contributed by atoms with E-state index in [-0.39, 0.29) is 13.2 Å². The maximum absolute atomic E-state index is 11.9. The van der Waals surface area contributed by atoms with Crippen molar-refractivity contribution in [3.63, 3.8) is 0 Å². The van der Waals surface area contributed by atoms with E-state index in [1.807, 2.05) is 0 Å². The minimum Gasteiger partial charge on any atom is -0.481 e. The fraction of sp³-hybridized carbons (Fsp3) is 0.769. The van der Waals surface area contributed by atoms with Crippen molar-refractivity contribution in [2.45, 2.75) is 33.1 Å². The minimum absolute atomic E-state index is 0.164. The van der Waals surface area contributed by atoms with Crippen molar-refractivity contribution in [3.05, 3.63) is 0 Å². The van der Waals surface area contributed by atoms with E-state index in [1.54, 1.807) is 13.8 Å². The summed E-state index contributed by atoms with van der Waals surface area (Å²) in [6, 6.07) is 0. The average molecular weight is 272 g/mol. The van der Waals surface area contributed by atoms with Gasteiger partial charge in [0.2, 0.25) is 0 Å². The lowest BCUT2D eigenvalue weighted by Gasteiger charge is -2.32. The second-order valence-electron chi connectivity index (χ2n) is 4.51. The third-order valence-corrected chi connectivity index (χ3v) is 3.36. The highest BCUT2D eigenvalue weighted by atomic mass is 16.5. The molecule has 6 heteroatoms. The lowest BCUT2D eigenvalue weighted by atomic mass is 9.72. The summed E-state index contributed by atoms with van der Waals surface area (Å²) in [6.45, 7) is 3.70. The standard InChI is InChI=1S/C13H20O6/c1-3-18-12(16)9-7-5-6-8(11(14)15)10(9)13(17)19-4-2/h8-10H,3-7H2,1-2H3,(H,14,15). The van der Waals surface area contributed by atoms with E-state index in [0.717, 1.165) is 0 Å². The summed E-state index contributed by atoms with van der Waals surface area (Å²) >= 11 is 0. The SMILES string of the molecule is CCOC(=O)C1CCCC(C(=O)O)C1C(=O)OCC. The number of rotatable bonds is 5. The average Bonchev–Trinajstić information content (AvgIpc) is 2.38.